The highest BCUT2D eigenvalue weighted by Gasteiger charge is 2.51. The van der Waals surface area contributed by atoms with Gasteiger partial charge in [-0.05, 0) is 18.9 Å². The molecule has 4 nitrogen and oxygen atoms in total. The van der Waals surface area contributed by atoms with Crippen LogP contribution in [0.4, 0.5) is 0 Å². The molecule has 1 aliphatic rings. The first kappa shape index (κ1) is 14.1. The zero-order valence-electron chi connectivity index (χ0n) is 9.33. The third-order valence-electron chi connectivity index (χ3n) is 2.54. The molecule has 6 heteroatoms. The molecule has 0 spiro atoms. The summed E-state index contributed by atoms with van der Waals surface area (Å²) in [7, 11) is 1.34. The van der Waals surface area contributed by atoms with Gasteiger partial charge in [0.1, 0.15) is 4.49 Å². The van der Waals surface area contributed by atoms with Gasteiger partial charge >= 0.3 is 5.97 Å². The largest absolute Gasteiger partial charge is 0.469 e. The van der Waals surface area contributed by atoms with Gasteiger partial charge in [0.25, 0.3) is 0 Å². The Labute approximate surface area is 110 Å². The normalized spacial score (nSPS) is 16.4. The first-order valence-electron chi connectivity index (χ1n) is 5.06. The number of amides is 1. The lowest BCUT2D eigenvalue weighted by molar-refractivity contribution is -0.146. The van der Waals surface area contributed by atoms with E-state index in [0.29, 0.717) is 6.54 Å². The van der Waals surface area contributed by atoms with Crippen LogP contribution in [0.2, 0.25) is 0 Å². The molecule has 1 amide bonds. The van der Waals surface area contributed by atoms with E-state index in [2.05, 4.69) is 10.1 Å². The van der Waals surface area contributed by atoms with Crippen molar-refractivity contribution in [3.05, 3.63) is 22.7 Å². The second-order valence-electron chi connectivity index (χ2n) is 3.81. The van der Waals surface area contributed by atoms with Crippen molar-refractivity contribution in [2.24, 2.45) is 5.41 Å². The van der Waals surface area contributed by atoms with E-state index in [1.54, 1.807) is 0 Å². The highest BCUT2D eigenvalue weighted by molar-refractivity contribution is 6.56. The molecule has 94 valence electrons. The van der Waals surface area contributed by atoms with Crippen LogP contribution in [0.25, 0.3) is 0 Å². The maximum absolute atomic E-state index is 11.4. The molecule has 1 aliphatic carbocycles. The van der Waals surface area contributed by atoms with E-state index in [1.165, 1.54) is 25.3 Å². The predicted molar refractivity (Wildman–Crippen MR) is 65.6 cm³/mol. The number of halogens is 2. The summed E-state index contributed by atoms with van der Waals surface area (Å²) in [5, 5.41) is 2.63. The Morgan fingerprint density at radius 3 is 2.53 bits per heavy atom. The van der Waals surface area contributed by atoms with Crippen LogP contribution in [0.1, 0.15) is 12.8 Å². The predicted octanol–water partition coefficient (Wildman–Crippen LogP) is 1.93. The molecule has 0 heterocycles. The molecule has 0 bridgehead atoms. The van der Waals surface area contributed by atoms with Crippen molar-refractivity contribution in [1.29, 1.82) is 0 Å². The zero-order chi connectivity index (χ0) is 12.9. The van der Waals surface area contributed by atoms with E-state index in [1.807, 2.05) is 0 Å². The Bertz CT molecular complexity index is 369. The molecule has 1 saturated carbocycles. The van der Waals surface area contributed by atoms with E-state index >= 15 is 0 Å². The van der Waals surface area contributed by atoms with E-state index < -0.39 is 5.41 Å². The zero-order valence-corrected chi connectivity index (χ0v) is 10.8. The molecule has 0 saturated heterocycles. The molecule has 0 aromatic heterocycles. The van der Waals surface area contributed by atoms with Crippen molar-refractivity contribution in [2.75, 3.05) is 13.7 Å². The average Bonchev–Trinajstić information content (AvgIpc) is 3.06. The molecule has 0 aromatic rings. The summed E-state index contributed by atoms with van der Waals surface area (Å²) in [4.78, 5) is 22.7. The van der Waals surface area contributed by atoms with Crippen LogP contribution >= 0.6 is 23.2 Å². The summed E-state index contributed by atoms with van der Waals surface area (Å²) in [6.07, 6.45) is 5.60. The number of methoxy groups -OCH3 is 1. The van der Waals surface area contributed by atoms with Gasteiger partial charge in [-0.2, -0.15) is 0 Å². The fourth-order valence-electron chi connectivity index (χ4n) is 1.34. The number of carbonyl (C=O) groups is 2. The summed E-state index contributed by atoms with van der Waals surface area (Å²) in [5.41, 5.74) is -0.516. The Hall–Kier alpha value is -1.000. The lowest BCUT2D eigenvalue weighted by atomic mass is 10.1. The third-order valence-corrected chi connectivity index (χ3v) is 2.79. The number of esters is 1. The van der Waals surface area contributed by atoms with Crippen LogP contribution in [0, 0.1) is 5.41 Å². The van der Waals surface area contributed by atoms with Crippen molar-refractivity contribution < 1.29 is 14.3 Å². The highest BCUT2D eigenvalue weighted by Crippen LogP contribution is 2.45. The highest BCUT2D eigenvalue weighted by atomic mass is 35.5. The maximum atomic E-state index is 11.4. The van der Waals surface area contributed by atoms with Crippen LogP contribution in [0.15, 0.2) is 22.7 Å². The molecule has 0 radical (unpaired) electrons. The van der Waals surface area contributed by atoms with Crippen molar-refractivity contribution in [1.82, 2.24) is 5.32 Å². The molecule has 0 unspecified atom stereocenters. The smallest absolute Gasteiger partial charge is 0.313 e. The van der Waals surface area contributed by atoms with Gasteiger partial charge in [-0.3, -0.25) is 9.59 Å². The standard InChI is InChI=1S/C11H13Cl2NO3/c1-17-10(16)11(5-6-11)7-14-9(15)4-2-3-8(12)13/h2-4H,5-7H2,1H3,(H,14,15)/b4-2+. The quantitative estimate of drug-likeness (QED) is 0.475. The van der Waals surface area contributed by atoms with Crippen molar-refractivity contribution in [3.63, 3.8) is 0 Å². The number of carbonyl (C=O) groups excluding carboxylic acids is 2. The van der Waals surface area contributed by atoms with E-state index in [9.17, 15) is 9.59 Å². The van der Waals surface area contributed by atoms with Crippen LogP contribution < -0.4 is 5.32 Å². The molecular formula is C11H13Cl2NO3. The average molecular weight is 278 g/mol. The van der Waals surface area contributed by atoms with Crippen LogP contribution in [0.3, 0.4) is 0 Å². The molecular weight excluding hydrogens is 265 g/mol. The summed E-state index contributed by atoms with van der Waals surface area (Å²) in [5.74, 6) is -0.573. The molecule has 1 rings (SSSR count). The second kappa shape index (κ2) is 6.07. The van der Waals surface area contributed by atoms with Gasteiger partial charge in [0.05, 0.1) is 12.5 Å². The minimum atomic E-state index is -0.516. The number of hydrogen-bond donors (Lipinski definition) is 1. The Kier molecular flexibility index (Phi) is 5.02. The van der Waals surface area contributed by atoms with E-state index in [-0.39, 0.29) is 16.4 Å². The minimum absolute atomic E-state index is 0.0715. The molecule has 1 N–H and O–H groups in total. The van der Waals surface area contributed by atoms with Gasteiger partial charge in [0, 0.05) is 12.6 Å². The van der Waals surface area contributed by atoms with Crippen molar-refractivity contribution in [3.8, 4) is 0 Å². The van der Waals surface area contributed by atoms with E-state index in [0.717, 1.165) is 12.8 Å². The monoisotopic (exact) mass is 277 g/mol. The molecule has 0 aromatic carbocycles. The van der Waals surface area contributed by atoms with Gasteiger partial charge < -0.3 is 10.1 Å². The lowest BCUT2D eigenvalue weighted by Gasteiger charge is -2.12. The SMILES string of the molecule is COC(=O)C1(CNC(=O)/C=C/C=C(Cl)Cl)CC1. The molecule has 0 atom stereocenters. The number of hydrogen-bond acceptors (Lipinski definition) is 3. The lowest BCUT2D eigenvalue weighted by Crippen LogP contribution is -2.33. The summed E-state index contributed by atoms with van der Waals surface area (Å²) < 4.78 is 4.74. The Balaban J connectivity index is 2.37. The van der Waals surface area contributed by atoms with Gasteiger partial charge in [-0.15, -0.1) is 0 Å². The number of ether oxygens (including phenoxy) is 1. The maximum Gasteiger partial charge on any atom is 0.313 e. The van der Waals surface area contributed by atoms with Crippen LogP contribution in [-0.2, 0) is 14.3 Å². The van der Waals surface area contributed by atoms with Gasteiger partial charge in [-0.25, -0.2) is 0 Å². The first-order valence-corrected chi connectivity index (χ1v) is 5.81. The fraction of sp³-hybridized carbons (Fsp3) is 0.455. The summed E-state index contributed by atoms with van der Waals surface area (Å²) in [6.45, 7) is 0.293. The minimum Gasteiger partial charge on any atom is -0.469 e. The number of rotatable bonds is 5. The molecule has 0 aliphatic heterocycles. The van der Waals surface area contributed by atoms with Crippen molar-refractivity contribution in [2.45, 2.75) is 12.8 Å². The molecule has 1 fully saturated rings. The fourth-order valence-corrected chi connectivity index (χ4v) is 1.49. The van der Waals surface area contributed by atoms with Gasteiger partial charge in [0.15, 0.2) is 0 Å². The summed E-state index contributed by atoms with van der Waals surface area (Å²) >= 11 is 10.7. The van der Waals surface area contributed by atoms with Gasteiger partial charge in [-0.1, -0.05) is 29.3 Å². The Morgan fingerprint density at radius 2 is 2.06 bits per heavy atom. The second-order valence-corrected chi connectivity index (χ2v) is 4.81. The third kappa shape index (κ3) is 4.40. The van der Waals surface area contributed by atoms with Crippen molar-refractivity contribution >= 4 is 35.1 Å². The topological polar surface area (TPSA) is 55.4 Å². The molecule has 17 heavy (non-hydrogen) atoms. The van der Waals surface area contributed by atoms with Crippen LogP contribution in [-0.4, -0.2) is 25.5 Å². The number of allylic oxidation sites excluding steroid dienone is 2. The Morgan fingerprint density at radius 1 is 1.41 bits per heavy atom. The van der Waals surface area contributed by atoms with Gasteiger partial charge in [0.2, 0.25) is 5.91 Å². The number of nitrogens with one attached hydrogen (secondary N) is 1. The van der Waals surface area contributed by atoms with E-state index in [4.69, 9.17) is 23.2 Å². The summed E-state index contributed by atoms with van der Waals surface area (Å²) in [6, 6.07) is 0. The van der Waals surface area contributed by atoms with Crippen LogP contribution in [0.5, 0.6) is 0 Å². The first-order chi connectivity index (χ1) is 8.00.